The quantitative estimate of drug-likeness (QED) is 0.627. The summed E-state index contributed by atoms with van der Waals surface area (Å²) in [5.41, 5.74) is 0.369. The van der Waals surface area contributed by atoms with E-state index in [9.17, 15) is 18.7 Å². The first-order valence-electron chi connectivity index (χ1n) is 9.63. The summed E-state index contributed by atoms with van der Waals surface area (Å²) in [5, 5.41) is 12.2. The standard InChI is InChI=1S/C22H20F2N4O3/c1-12-19(10-25-13(2)27-12)31-11-22(14-3-5-18(29)17(24)7-14)8-16(22)21(30)28-20-6-4-15(23)9-26-20/h3-7,9-10,16,29H,8,11H2,1-2H3,(H,26,28,30)/t16?,22-/m1/s1. The number of halogens is 2. The minimum absolute atomic E-state index is 0.0827. The van der Waals surface area contributed by atoms with E-state index in [4.69, 9.17) is 4.74 Å². The average molecular weight is 426 g/mol. The number of ether oxygens (including phenoxy) is 1. The van der Waals surface area contributed by atoms with Crippen LogP contribution < -0.4 is 10.1 Å². The number of pyridine rings is 1. The Balaban J connectivity index is 1.58. The molecule has 3 aromatic rings. The van der Waals surface area contributed by atoms with Gasteiger partial charge in [0.05, 0.1) is 30.6 Å². The van der Waals surface area contributed by atoms with E-state index in [-0.39, 0.29) is 18.3 Å². The number of carbonyl (C=O) groups excluding carboxylic acids is 1. The molecule has 9 heteroatoms. The van der Waals surface area contributed by atoms with Crippen molar-refractivity contribution >= 4 is 11.7 Å². The Morgan fingerprint density at radius 2 is 2.03 bits per heavy atom. The van der Waals surface area contributed by atoms with Crippen molar-refractivity contribution in [2.45, 2.75) is 25.7 Å². The van der Waals surface area contributed by atoms with Crippen LogP contribution in [0.5, 0.6) is 11.5 Å². The molecule has 1 unspecified atom stereocenters. The van der Waals surface area contributed by atoms with Crippen LogP contribution in [-0.4, -0.2) is 32.6 Å². The molecule has 1 amide bonds. The van der Waals surface area contributed by atoms with Crippen molar-refractivity contribution in [1.82, 2.24) is 15.0 Å². The molecular formula is C22H20F2N4O3. The first-order valence-corrected chi connectivity index (χ1v) is 9.63. The summed E-state index contributed by atoms with van der Waals surface area (Å²) >= 11 is 0. The van der Waals surface area contributed by atoms with Crippen molar-refractivity contribution in [3.05, 3.63) is 71.4 Å². The lowest BCUT2D eigenvalue weighted by atomic mass is 9.93. The molecule has 0 saturated heterocycles. The number of anilines is 1. The first-order chi connectivity index (χ1) is 14.8. The molecular weight excluding hydrogens is 406 g/mol. The maximum atomic E-state index is 14.1. The predicted octanol–water partition coefficient (Wildman–Crippen LogP) is 3.45. The molecule has 1 aliphatic rings. The molecule has 160 valence electrons. The number of rotatable bonds is 6. The van der Waals surface area contributed by atoms with Gasteiger partial charge in [-0.3, -0.25) is 4.79 Å². The van der Waals surface area contributed by atoms with Gasteiger partial charge in [0.15, 0.2) is 17.3 Å². The van der Waals surface area contributed by atoms with Crippen molar-refractivity contribution in [2.75, 3.05) is 11.9 Å². The van der Waals surface area contributed by atoms with E-state index in [1.807, 2.05) is 0 Å². The monoisotopic (exact) mass is 426 g/mol. The van der Waals surface area contributed by atoms with Crippen LogP contribution >= 0.6 is 0 Å². The molecule has 0 bridgehead atoms. The molecule has 1 fully saturated rings. The van der Waals surface area contributed by atoms with Gasteiger partial charge in [-0.05, 0) is 50.1 Å². The molecule has 0 radical (unpaired) electrons. The molecule has 2 N–H and O–H groups in total. The fourth-order valence-electron chi connectivity index (χ4n) is 3.61. The molecule has 2 aromatic heterocycles. The van der Waals surface area contributed by atoms with Crippen LogP contribution in [0.15, 0.2) is 42.7 Å². The molecule has 1 saturated carbocycles. The third-order valence-corrected chi connectivity index (χ3v) is 5.43. The SMILES string of the molecule is Cc1ncc(OC[C@@]2(c3ccc(O)c(F)c3)CC2C(=O)Nc2ccc(F)cn2)c(C)n1. The Bertz CT molecular complexity index is 1140. The summed E-state index contributed by atoms with van der Waals surface area (Å²) < 4.78 is 33.1. The summed E-state index contributed by atoms with van der Waals surface area (Å²) in [6, 6.07) is 6.59. The third-order valence-electron chi connectivity index (χ3n) is 5.43. The topological polar surface area (TPSA) is 97.2 Å². The summed E-state index contributed by atoms with van der Waals surface area (Å²) in [6.07, 6.45) is 2.97. The zero-order valence-electron chi connectivity index (χ0n) is 16.9. The number of aromatic hydroxyl groups is 1. The molecule has 2 heterocycles. The number of nitrogens with zero attached hydrogens (tertiary/aromatic N) is 3. The van der Waals surface area contributed by atoms with Crippen LogP contribution in [0.1, 0.15) is 23.5 Å². The van der Waals surface area contributed by atoms with E-state index in [0.29, 0.717) is 29.3 Å². The lowest BCUT2D eigenvalue weighted by Gasteiger charge is -2.20. The number of nitrogens with one attached hydrogen (secondary N) is 1. The van der Waals surface area contributed by atoms with E-state index < -0.39 is 28.7 Å². The highest BCUT2D eigenvalue weighted by atomic mass is 19.1. The zero-order valence-corrected chi connectivity index (χ0v) is 16.9. The van der Waals surface area contributed by atoms with Crippen LogP contribution in [0.25, 0.3) is 0 Å². The van der Waals surface area contributed by atoms with Gasteiger partial charge >= 0.3 is 0 Å². The molecule has 7 nitrogen and oxygen atoms in total. The van der Waals surface area contributed by atoms with Crippen molar-refractivity contribution in [3.63, 3.8) is 0 Å². The Morgan fingerprint density at radius 1 is 1.23 bits per heavy atom. The Kier molecular flexibility index (Phi) is 5.26. The minimum atomic E-state index is -0.810. The Labute approximate surface area is 177 Å². The van der Waals surface area contributed by atoms with Crippen LogP contribution in [0, 0.1) is 31.4 Å². The maximum Gasteiger partial charge on any atom is 0.229 e. The van der Waals surface area contributed by atoms with Crippen LogP contribution in [0.4, 0.5) is 14.6 Å². The number of hydrogen-bond acceptors (Lipinski definition) is 6. The second-order valence-electron chi connectivity index (χ2n) is 7.59. The predicted molar refractivity (Wildman–Crippen MR) is 108 cm³/mol. The van der Waals surface area contributed by atoms with E-state index in [2.05, 4.69) is 20.3 Å². The van der Waals surface area contributed by atoms with Gasteiger partial charge in [-0.25, -0.2) is 23.7 Å². The van der Waals surface area contributed by atoms with Gasteiger partial charge in [0, 0.05) is 5.41 Å². The number of carbonyl (C=O) groups is 1. The summed E-state index contributed by atoms with van der Waals surface area (Å²) in [6.45, 7) is 3.63. The number of amides is 1. The third kappa shape index (κ3) is 4.16. The van der Waals surface area contributed by atoms with Crippen molar-refractivity contribution in [3.8, 4) is 11.5 Å². The van der Waals surface area contributed by atoms with Crippen molar-refractivity contribution in [1.29, 1.82) is 0 Å². The van der Waals surface area contributed by atoms with Crippen LogP contribution in [0.2, 0.25) is 0 Å². The van der Waals surface area contributed by atoms with Gasteiger partial charge in [-0.2, -0.15) is 0 Å². The Hall–Kier alpha value is -3.62. The number of benzene rings is 1. The summed E-state index contributed by atoms with van der Waals surface area (Å²) in [7, 11) is 0. The van der Waals surface area contributed by atoms with Crippen molar-refractivity contribution in [2.24, 2.45) is 5.92 Å². The second-order valence-corrected chi connectivity index (χ2v) is 7.59. The molecule has 1 aliphatic carbocycles. The highest BCUT2D eigenvalue weighted by Gasteiger charge is 2.60. The fourth-order valence-corrected chi connectivity index (χ4v) is 3.61. The average Bonchev–Trinajstić information content (AvgIpc) is 3.47. The number of hydrogen-bond donors (Lipinski definition) is 2. The van der Waals surface area contributed by atoms with Crippen LogP contribution in [-0.2, 0) is 10.2 Å². The number of aromatic nitrogens is 3. The molecule has 31 heavy (non-hydrogen) atoms. The lowest BCUT2D eigenvalue weighted by Crippen LogP contribution is -2.27. The fraction of sp³-hybridized carbons (Fsp3) is 0.273. The maximum absolute atomic E-state index is 14.1. The largest absolute Gasteiger partial charge is 0.505 e. The van der Waals surface area contributed by atoms with Gasteiger partial charge in [0.25, 0.3) is 0 Å². The van der Waals surface area contributed by atoms with Gasteiger partial charge < -0.3 is 15.2 Å². The lowest BCUT2D eigenvalue weighted by molar-refractivity contribution is -0.117. The molecule has 0 aliphatic heterocycles. The second kappa shape index (κ2) is 7.90. The van der Waals surface area contributed by atoms with Crippen LogP contribution in [0.3, 0.4) is 0 Å². The summed E-state index contributed by atoms with van der Waals surface area (Å²) in [4.78, 5) is 25.1. The molecule has 4 rings (SSSR count). The normalized spacial score (nSPS) is 19.7. The highest BCUT2D eigenvalue weighted by molar-refractivity contribution is 5.95. The van der Waals surface area contributed by atoms with Crippen molar-refractivity contribution < 1.29 is 23.4 Å². The first kappa shape index (κ1) is 20.6. The molecule has 1 aromatic carbocycles. The van der Waals surface area contributed by atoms with Gasteiger partial charge in [0.2, 0.25) is 5.91 Å². The highest BCUT2D eigenvalue weighted by Crippen LogP contribution is 2.55. The smallest absolute Gasteiger partial charge is 0.229 e. The molecule has 2 atom stereocenters. The van der Waals surface area contributed by atoms with Gasteiger partial charge in [0.1, 0.15) is 17.5 Å². The zero-order chi connectivity index (χ0) is 22.2. The number of phenolic OH excluding ortho intramolecular Hbond substituents is 1. The van der Waals surface area contributed by atoms with Gasteiger partial charge in [-0.15, -0.1) is 0 Å². The van der Waals surface area contributed by atoms with E-state index in [1.165, 1.54) is 24.3 Å². The van der Waals surface area contributed by atoms with Gasteiger partial charge in [-0.1, -0.05) is 6.07 Å². The number of phenols is 1. The van der Waals surface area contributed by atoms with E-state index in [1.54, 1.807) is 26.1 Å². The van der Waals surface area contributed by atoms with E-state index in [0.717, 1.165) is 6.20 Å². The molecule has 0 spiro atoms. The minimum Gasteiger partial charge on any atom is -0.505 e. The number of aryl methyl sites for hydroxylation is 2. The summed E-state index contributed by atoms with van der Waals surface area (Å²) in [5.74, 6) is -1.35. The van der Waals surface area contributed by atoms with E-state index >= 15 is 0 Å². The Morgan fingerprint density at radius 3 is 2.71 bits per heavy atom.